The minimum absolute atomic E-state index is 0.00647. The van der Waals surface area contributed by atoms with Crippen molar-refractivity contribution in [3.63, 3.8) is 0 Å². The second-order valence-electron chi connectivity index (χ2n) is 4.61. The molecule has 0 aromatic carbocycles. The fraction of sp³-hybridized carbons (Fsp3) is 0.545. The lowest BCUT2D eigenvalue weighted by molar-refractivity contribution is 0.241. The first-order valence-electron chi connectivity index (χ1n) is 5.71. The van der Waals surface area contributed by atoms with Crippen LogP contribution >= 0.6 is 11.3 Å². The highest BCUT2D eigenvalue weighted by atomic mass is 32.1. The van der Waals surface area contributed by atoms with Gasteiger partial charge < -0.3 is 9.84 Å². The predicted octanol–water partition coefficient (Wildman–Crippen LogP) is 1.83. The quantitative estimate of drug-likeness (QED) is 0.881. The number of thiazole rings is 1. The molecule has 0 amide bonds. The lowest BCUT2D eigenvalue weighted by atomic mass is 9.81. The fourth-order valence-corrected chi connectivity index (χ4v) is 2.62. The van der Waals surface area contributed by atoms with E-state index in [0.29, 0.717) is 5.82 Å². The zero-order valence-electron chi connectivity index (χ0n) is 9.64. The van der Waals surface area contributed by atoms with E-state index in [9.17, 15) is 0 Å². The SMILES string of the molecule is CC1(c2nc(-c3cscn3)no2)CCNCC1. The molecule has 2 aromatic heterocycles. The molecule has 5 nitrogen and oxygen atoms in total. The molecule has 17 heavy (non-hydrogen) atoms. The van der Waals surface area contributed by atoms with E-state index in [1.807, 2.05) is 5.38 Å². The third-order valence-electron chi connectivity index (χ3n) is 3.31. The third-order valence-corrected chi connectivity index (χ3v) is 3.90. The number of nitrogens with one attached hydrogen (secondary N) is 1. The van der Waals surface area contributed by atoms with E-state index in [1.165, 1.54) is 11.3 Å². The number of hydrogen-bond acceptors (Lipinski definition) is 6. The Morgan fingerprint density at radius 1 is 1.41 bits per heavy atom. The molecule has 1 aliphatic heterocycles. The summed E-state index contributed by atoms with van der Waals surface area (Å²) in [6, 6.07) is 0. The summed E-state index contributed by atoms with van der Waals surface area (Å²) in [5.41, 5.74) is 2.58. The minimum atomic E-state index is 0.00647. The Hall–Kier alpha value is -1.27. The van der Waals surface area contributed by atoms with Gasteiger partial charge in [0, 0.05) is 10.8 Å². The van der Waals surface area contributed by atoms with Crippen LogP contribution in [-0.4, -0.2) is 28.2 Å². The summed E-state index contributed by atoms with van der Waals surface area (Å²) in [7, 11) is 0. The van der Waals surface area contributed by atoms with Gasteiger partial charge in [-0.1, -0.05) is 12.1 Å². The van der Waals surface area contributed by atoms with E-state index < -0.39 is 0 Å². The average molecular weight is 250 g/mol. The molecule has 90 valence electrons. The van der Waals surface area contributed by atoms with Gasteiger partial charge >= 0.3 is 0 Å². The molecular formula is C11H14N4OS. The first kappa shape index (κ1) is 10.9. The van der Waals surface area contributed by atoms with Gasteiger partial charge in [0.15, 0.2) is 0 Å². The van der Waals surface area contributed by atoms with Crippen molar-refractivity contribution in [2.24, 2.45) is 0 Å². The smallest absolute Gasteiger partial charge is 0.233 e. The van der Waals surface area contributed by atoms with Gasteiger partial charge in [-0.15, -0.1) is 11.3 Å². The van der Waals surface area contributed by atoms with Crippen molar-refractivity contribution in [2.75, 3.05) is 13.1 Å². The Labute approximate surface area is 103 Å². The number of piperidine rings is 1. The lowest BCUT2D eigenvalue weighted by Crippen LogP contribution is -2.37. The number of rotatable bonds is 2. The molecule has 0 atom stereocenters. The van der Waals surface area contributed by atoms with Crippen molar-refractivity contribution in [3.8, 4) is 11.5 Å². The summed E-state index contributed by atoms with van der Waals surface area (Å²) in [5.74, 6) is 1.34. The number of nitrogens with zero attached hydrogens (tertiary/aromatic N) is 3. The zero-order valence-corrected chi connectivity index (χ0v) is 10.5. The van der Waals surface area contributed by atoms with E-state index in [2.05, 4.69) is 27.4 Å². The number of hydrogen-bond donors (Lipinski definition) is 1. The van der Waals surface area contributed by atoms with Crippen LogP contribution in [0.2, 0.25) is 0 Å². The van der Waals surface area contributed by atoms with Crippen LogP contribution in [0.5, 0.6) is 0 Å². The van der Waals surface area contributed by atoms with Crippen LogP contribution in [0, 0.1) is 0 Å². The monoisotopic (exact) mass is 250 g/mol. The fourth-order valence-electron chi connectivity index (χ4n) is 2.09. The van der Waals surface area contributed by atoms with E-state index in [-0.39, 0.29) is 5.41 Å². The Kier molecular flexibility index (Phi) is 2.68. The summed E-state index contributed by atoms with van der Waals surface area (Å²) in [5, 5.41) is 9.29. The largest absolute Gasteiger partial charge is 0.338 e. The first-order valence-corrected chi connectivity index (χ1v) is 6.66. The van der Waals surface area contributed by atoms with Gasteiger partial charge in [-0.3, -0.25) is 0 Å². The van der Waals surface area contributed by atoms with E-state index in [4.69, 9.17) is 4.52 Å². The molecule has 0 aliphatic carbocycles. The molecule has 0 bridgehead atoms. The summed E-state index contributed by atoms with van der Waals surface area (Å²) < 4.78 is 5.41. The maximum Gasteiger partial charge on any atom is 0.233 e. The molecule has 3 rings (SSSR count). The Balaban J connectivity index is 1.89. The van der Waals surface area contributed by atoms with Crippen molar-refractivity contribution in [3.05, 3.63) is 16.8 Å². The summed E-state index contributed by atoms with van der Waals surface area (Å²) in [6.45, 7) is 4.20. The average Bonchev–Trinajstić information content (AvgIpc) is 3.01. The van der Waals surface area contributed by atoms with Crippen LogP contribution < -0.4 is 5.32 Å². The molecule has 1 aliphatic rings. The highest BCUT2D eigenvalue weighted by Gasteiger charge is 2.34. The minimum Gasteiger partial charge on any atom is -0.338 e. The lowest BCUT2D eigenvalue weighted by Gasteiger charge is -2.30. The topological polar surface area (TPSA) is 63.8 Å². The van der Waals surface area contributed by atoms with Gasteiger partial charge in [-0.25, -0.2) is 4.98 Å². The number of aromatic nitrogens is 3. The Morgan fingerprint density at radius 2 is 2.24 bits per heavy atom. The second kappa shape index (κ2) is 4.19. The molecule has 2 aromatic rings. The van der Waals surface area contributed by atoms with Gasteiger partial charge in [-0.05, 0) is 25.9 Å². The maximum absolute atomic E-state index is 5.41. The predicted molar refractivity (Wildman–Crippen MR) is 64.9 cm³/mol. The van der Waals surface area contributed by atoms with Gasteiger partial charge in [0.05, 0.1) is 5.51 Å². The van der Waals surface area contributed by atoms with Gasteiger partial charge in [0.1, 0.15) is 5.69 Å². The van der Waals surface area contributed by atoms with Crippen molar-refractivity contribution in [1.29, 1.82) is 0 Å². The van der Waals surface area contributed by atoms with Crippen molar-refractivity contribution >= 4 is 11.3 Å². The highest BCUT2D eigenvalue weighted by molar-refractivity contribution is 7.07. The van der Waals surface area contributed by atoms with Crippen molar-refractivity contribution in [2.45, 2.75) is 25.2 Å². The Bertz CT molecular complexity index is 487. The summed E-state index contributed by atoms with van der Waals surface area (Å²) >= 11 is 1.54. The van der Waals surface area contributed by atoms with Gasteiger partial charge in [0.2, 0.25) is 11.7 Å². The van der Waals surface area contributed by atoms with Crippen LogP contribution in [0.25, 0.3) is 11.5 Å². The van der Waals surface area contributed by atoms with E-state index >= 15 is 0 Å². The van der Waals surface area contributed by atoms with Crippen LogP contribution in [-0.2, 0) is 5.41 Å². The molecule has 0 radical (unpaired) electrons. The second-order valence-corrected chi connectivity index (χ2v) is 5.33. The molecule has 0 saturated carbocycles. The molecule has 1 saturated heterocycles. The zero-order chi connectivity index (χ0) is 11.7. The van der Waals surface area contributed by atoms with Crippen molar-refractivity contribution in [1.82, 2.24) is 20.4 Å². The van der Waals surface area contributed by atoms with E-state index in [1.54, 1.807) is 5.51 Å². The molecular weight excluding hydrogens is 236 g/mol. The van der Waals surface area contributed by atoms with Crippen LogP contribution in [0.15, 0.2) is 15.4 Å². The van der Waals surface area contributed by atoms with Gasteiger partial charge in [0.25, 0.3) is 0 Å². The van der Waals surface area contributed by atoms with Crippen LogP contribution in [0.4, 0.5) is 0 Å². The summed E-state index contributed by atoms with van der Waals surface area (Å²) in [6.07, 6.45) is 2.07. The van der Waals surface area contributed by atoms with Crippen LogP contribution in [0.1, 0.15) is 25.7 Å². The molecule has 0 spiro atoms. The van der Waals surface area contributed by atoms with Crippen LogP contribution in [0.3, 0.4) is 0 Å². The summed E-state index contributed by atoms with van der Waals surface area (Å²) in [4.78, 5) is 8.68. The van der Waals surface area contributed by atoms with Crippen molar-refractivity contribution < 1.29 is 4.52 Å². The third kappa shape index (κ3) is 1.98. The maximum atomic E-state index is 5.41. The molecule has 3 heterocycles. The normalized spacial score (nSPS) is 19.4. The van der Waals surface area contributed by atoms with E-state index in [0.717, 1.165) is 37.5 Å². The molecule has 1 fully saturated rings. The molecule has 1 N–H and O–H groups in total. The van der Waals surface area contributed by atoms with Gasteiger partial charge in [-0.2, -0.15) is 4.98 Å². The highest BCUT2D eigenvalue weighted by Crippen LogP contribution is 2.32. The Morgan fingerprint density at radius 3 is 2.94 bits per heavy atom. The first-order chi connectivity index (χ1) is 8.28. The standard InChI is InChI=1S/C11H14N4OS/c1-11(2-4-12-5-3-11)10-14-9(15-16-10)8-6-17-7-13-8/h6-7,12H,2-5H2,1H3. The molecule has 0 unspecified atom stereocenters. The molecule has 6 heteroatoms.